The van der Waals surface area contributed by atoms with E-state index in [-0.39, 0.29) is 35.5 Å². The maximum atomic E-state index is 1.87. The second-order valence-corrected chi connectivity index (χ2v) is 2.43. The number of halogens is 1. The molecule has 0 radical (unpaired) electrons. The zero-order chi connectivity index (χ0) is 3.98. The summed E-state index contributed by atoms with van der Waals surface area (Å²) in [6.07, 6.45) is 6.00. The number of fused-ring (bicyclic) bond motifs is 1. The van der Waals surface area contributed by atoms with Gasteiger partial charge < -0.3 is 18.3 Å². The quantitative estimate of drug-likeness (QED) is 0.281. The average molecular weight is 141 g/mol. The molecule has 0 spiro atoms. The molecule has 2 heteroatoms. The maximum Gasteiger partial charge on any atom is 2.00 e. The van der Waals surface area contributed by atoms with Crippen LogP contribution in [0.2, 0.25) is 0 Å². The van der Waals surface area contributed by atoms with Gasteiger partial charge in [-0.05, 0) is 0 Å². The van der Waals surface area contributed by atoms with Gasteiger partial charge in [-0.2, -0.15) is 18.8 Å². The van der Waals surface area contributed by atoms with Crippen LogP contribution in [0, 0.1) is 11.8 Å². The molecule has 0 saturated heterocycles. The zero-order valence-electron chi connectivity index (χ0n) is 4.99. The van der Waals surface area contributed by atoms with E-state index in [9.17, 15) is 0 Å². The van der Waals surface area contributed by atoms with Crippen LogP contribution in [0.5, 0.6) is 0 Å². The van der Waals surface area contributed by atoms with E-state index in [0.29, 0.717) is 0 Å². The van der Waals surface area contributed by atoms with Crippen molar-refractivity contribution in [1.29, 1.82) is 0 Å². The molecular weight excluding hydrogens is 132 g/mol. The Morgan fingerprint density at radius 1 is 1.12 bits per heavy atom. The van der Waals surface area contributed by atoms with Gasteiger partial charge in [0.1, 0.15) is 0 Å². The molecule has 0 heterocycles. The van der Waals surface area contributed by atoms with Gasteiger partial charge in [-0.15, -0.1) is 12.8 Å². The van der Waals surface area contributed by atoms with Gasteiger partial charge >= 0.3 is 23.1 Å². The van der Waals surface area contributed by atoms with Crippen LogP contribution >= 0.6 is 0 Å². The van der Waals surface area contributed by atoms with Gasteiger partial charge in [0.25, 0.3) is 0 Å². The Morgan fingerprint density at radius 3 is 1.50 bits per heavy atom. The Balaban J connectivity index is 0.000000245. The summed E-state index contributed by atoms with van der Waals surface area (Å²) in [7, 11) is 0. The molecule has 0 aromatic rings. The van der Waals surface area contributed by atoms with E-state index >= 15 is 0 Å². The average Bonchev–Trinajstić information content (AvgIpc) is 1.54. The molecule has 2 aliphatic carbocycles. The molecule has 0 bridgehead atoms. The van der Waals surface area contributed by atoms with Gasteiger partial charge in [-0.3, -0.25) is 0 Å². The third kappa shape index (κ3) is 1.14. The summed E-state index contributed by atoms with van der Waals surface area (Å²) < 4.78 is 0. The van der Waals surface area contributed by atoms with Crippen LogP contribution in [0.25, 0.3) is 0 Å². The Kier molecular flexibility index (Phi) is 3.71. The van der Waals surface area contributed by atoms with Crippen LogP contribution < -0.4 is 12.4 Å². The zero-order valence-corrected chi connectivity index (χ0v) is 7.16. The number of hydrogen-bond donors (Lipinski definition) is 0. The van der Waals surface area contributed by atoms with E-state index in [1.165, 1.54) is 25.7 Å². The van der Waals surface area contributed by atoms with E-state index in [4.69, 9.17) is 0 Å². The molecule has 0 nitrogen and oxygen atoms in total. The molecule has 2 saturated carbocycles. The van der Waals surface area contributed by atoms with Crippen molar-refractivity contribution in [2.45, 2.75) is 25.7 Å². The molecule has 0 atom stereocenters. The van der Waals surface area contributed by atoms with Crippen LogP contribution in [-0.2, 0) is 0 Å². The minimum atomic E-state index is 0. The second kappa shape index (κ2) is 3.28. The van der Waals surface area contributed by atoms with Gasteiger partial charge in [-0.25, -0.2) is 0 Å². The summed E-state index contributed by atoms with van der Waals surface area (Å²) in [6.45, 7) is 0. The molecule has 0 N–H and O–H groups in total. The SMILES string of the molecule is C1CC2CC[C-]12.[Cl-].[Mg+2]. The second-order valence-electron chi connectivity index (χ2n) is 2.43. The number of hydrogen-bond acceptors (Lipinski definition) is 0. The minimum absolute atomic E-state index is 0. The largest absolute Gasteiger partial charge is 2.00 e. The molecule has 0 aromatic carbocycles. The fourth-order valence-electron chi connectivity index (χ4n) is 1.37. The molecule has 42 valence electrons. The smallest absolute Gasteiger partial charge is 1.00 e. The van der Waals surface area contributed by atoms with Crippen LogP contribution in [0.4, 0.5) is 0 Å². The van der Waals surface area contributed by atoms with Gasteiger partial charge in [0.2, 0.25) is 0 Å². The van der Waals surface area contributed by atoms with Crippen molar-refractivity contribution in [3.05, 3.63) is 5.92 Å². The Morgan fingerprint density at radius 2 is 1.50 bits per heavy atom. The standard InChI is InChI=1S/C6H9.ClH.Mg/c1-2-6-4-3-5(1)6;;/h5H,1-4H2;1H;/q-1;;+2/p-1. The Labute approximate surface area is 73.0 Å². The molecule has 2 rings (SSSR count). The minimum Gasteiger partial charge on any atom is -1.00 e. The summed E-state index contributed by atoms with van der Waals surface area (Å²) in [5, 5.41) is 0. The van der Waals surface area contributed by atoms with E-state index in [0.717, 1.165) is 5.92 Å². The summed E-state index contributed by atoms with van der Waals surface area (Å²) >= 11 is 0. The van der Waals surface area contributed by atoms with Crippen molar-refractivity contribution in [3.63, 3.8) is 0 Å². The first-order chi connectivity index (χ1) is 2.97. The summed E-state index contributed by atoms with van der Waals surface area (Å²) in [5.41, 5.74) is 0. The van der Waals surface area contributed by atoms with Crippen molar-refractivity contribution in [2.24, 2.45) is 5.92 Å². The number of rotatable bonds is 0. The molecule has 0 amide bonds. The molecule has 0 unspecified atom stereocenters. The molecular formula is C6H9ClMg. The Bertz CT molecular complexity index is 56.9. The van der Waals surface area contributed by atoms with E-state index < -0.39 is 0 Å². The topological polar surface area (TPSA) is 0 Å². The van der Waals surface area contributed by atoms with Crippen LogP contribution in [-0.4, -0.2) is 23.1 Å². The Hall–Kier alpha value is 1.06. The van der Waals surface area contributed by atoms with E-state index in [2.05, 4.69) is 0 Å². The molecule has 8 heavy (non-hydrogen) atoms. The molecule has 0 aromatic heterocycles. The molecule has 2 aliphatic rings. The third-order valence-electron chi connectivity index (χ3n) is 2.21. The van der Waals surface area contributed by atoms with Crippen molar-refractivity contribution in [3.8, 4) is 0 Å². The predicted octanol–water partition coefficient (Wildman–Crippen LogP) is -1.61. The van der Waals surface area contributed by atoms with Gasteiger partial charge in [0.05, 0.1) is 0 Å². The van der Waals surface area contributed by atoms with E-state index in [1.54, 1.807) is 0 Å². The first kappa shape index (κ1) is 9.06. The van der Waals surface area contributed by atoms with Gasteiger partial charge in [-0.1, -0.05) is 0 Å². The first-order valence-electron chi connectivity index (χ1n) is 2.81. The van der Waals surface area contributed by atoms with Gasteiger partial charge in [0, 0.05) is 0 Å². The first-order valence-corrected chi connectivity index (χ1v) is 2.81. The van der Waals surface area contributed by atoms with Crippen LogP contribution in [0.15, 0.2) is 0 Å². The van der Waals surface area contributed by atoms with Gasteiger partial charge in [0.15, 0.2) is 0 Å². The molecule has 0 aliphatic heterocycles. The predicted molar refractivity (Wildman–Crippen MR) is 31.0 cm³/mol. The van der Waals surface area contributed by atoms with Crippen molar-refractivity contribution in [1.82, 2.24) is 0 Å². The fourth-order valence-corrected chi connectivity index (χ4v) is 1.37. The normalized spacial score (nSPS) is 25.5. The summed E-state index contributed by atoms with van der Waals surface area (Å²) in [4.78, 5) is 0. The van der Waals surface area contributed by atoms with Crippen LogP contribution in [0.1, 0.15) is 25.7 Å². The van der Waals surface area contributed by atoms with Crippen molar-refractivity contribution >= 4 is 23.1 Å². The summed E-state index contributed by atoms with van der Waals surface area (Å²) in [5.74, 6) is 3.00. The van der Waals surface area contributed by atoms with Crippen molar-refractivity contribution in [2.75, 3.05) is 0 Å². The maximum absolute atomic E-state index is 1.87. The van der Waals surface area contributed by atoms with Crippen molar-refractivity contribution < 1.29 is 12.4 Å². The third-order valence-corrected chi connectivity index (χ3v) is 2.21. The molecule has 2 fully saturated rings. The van der Waals surface area contributed by atoms with Crippen LogP contribution in [0.3, 0.4) is 0 Å². The fraction of sp³-hybridized carbons (Fsp3) is 0.833. The van der Waals surface area contributed by atoms with E-state index in [1.807, 2.05) is 5.92 Å². The monoisotopic (exact) mass is 140 g/mol. The summed E-state index contributed by atoms with van der Waals surface area (Å²) in [6, 6.07) is 0.